The van der Waals surface area contributed by atoms with E-state index in [1.807, 2.05) is 13.8 Å². The highest BCUT2D eigenvalue weighted by Gasteiger charge is 2.26. The third-order valence-electron chi connectivity index (χ3n) is 7.05. The first kappa shape index (κ1) is 30.4. The highest BCUT2D eigenvalue weighted by atomic mass is 16.5. The summed E-state index contributed by atoms with van der Waals surface area (Å²) < 4.78 is 5.85. The number of carbonyl (C=O) groups excluding carboxylic acids is 4. The summed E-state index contributed by atoms with van der Waals surface area (Å²) in [4.78, 5) is 54.4. The summed E-state index contributed by atoms with van der Waals surface area (Å²) in [6.07, 6.45) is 5.47. The summed E-state index contributed by atoms with van der Waals surface area (Å²) in [6.45, 7) is 8.49. The number of hydrogen-bond donors (Lipinski definition) is 4. The van der Waals surface area contributed by atoms with E-state index in [4.69, 9.17) is 4.74 Å². The first-order valence-corrected chi connectivity index (χ1v) is 14.4. The lowest BCUT2D eigenvalue weighted by Gasteiger charge is -2.23. The van der Waals surface area contributed by atoms with Gasteiger partial charge in [-0.2, -0.15) is 0 Å². The van der Waals surface area contributed by atoms with E-state index in [1.165, 1.54) is 12.8 Å². The van der Waals surface area contributed by atoms with E-state index < -0.39 is 18.0 Å². The molecule has 1 saturated heterocycles. The number of fused-ring (bicyclic) bond motifs is 1. The Morgan fingerprint density at radius 3 is 2.62 bits per heavy atom. The topological polar surface area (TPSA) is 129 Å². The molecule has 10 nitrogen and oxygen atoms in total. The molecule has 2 aliphatic rings. The molecular formula is C29H45N5O5. The Kier molecular flexibility index (Phi) is 12.5. The van der Waals surface area contributed by atoms with E-state index in [2.05, 4.69) is 26.2 Å². The standard InChI is InChI=1S/C29H45N5O5/c1-21(2)20-24-29(38)31-15-9-19-39-25-11-4-3-10-22(25)27(36)33-23(12-13-26(35)32-24)28(37)30-14-5-6-16-34-17-7-8-18-34/h3-4,10-11,21,23-24H,5-9,12-20H2,1-2H3,(H,30,37)(H,31,38)(H,32,35)(H,33,36)/t23-,24?/m0/s1. The monoisotopic (exact) mass is 543 g/mol. The fourth-order valence-corrected chi connectivity index (χ4v) is 4.92. The minimum Gasteiger partial charge on any atom is -0.493 e. The maximum Gasteiger partial charge on any atom is 0.255 e. The quantitative estimate of drug-likeness (QED) is 0.371. The van der Waals surface area contributed by atoms with Crippen LogP contribution in [0.2, 0.25) is 0 Å². The van der Waals surface area contributed by atoms with E-state index >= 15 is 0 Å². The molecule has 1 aromatic rings. The summed E-state index contributed by atoms with van der Waals surface area (Å²) in [6, 6.07) is 5.30. The van der Waals surface area contributed by atoms with E-state index in [-0.39, 0.29) is 36.5 Å². The zero-order valence-corrected chi connectivity index (χ0v) is 23.4. The fraction of sp³-hybridized carbons (Fsp3) is 0.655. The second-order valence-electron chi connectivity index (χ2n) is 10.9. The highest BCUT2D eigenvalue weighted by Crippen LogP contribution is 2.19. The van der Waals surface area contributed by atoms with E-state index in [1.54, 1.807) is 24.3 Å². The van der Waals surface area contributed by atoms with E-state index in [0.29, 0.717) is 43.9 Å². The van der Waals surface area contributed by atoms with Crippen molar-refractivity contribution in [3.05, 3.63) is 29.8 Å². The lowest BCUT2D eigenvalue weighted by molar-refractivity contribution is -0.129. The molecule has 0 aromatic heterocycles. The Bertz CT molecular complexity index is 963. The van der Waals surface area contributed by atoms with Gasteiger partial charge in [0, 0.05) is 19.5 Å². The van der Waals surface area contributed by atoms with Crippen LogP contribution < -0.4 is 26.0 Å². The van der Waals surface area contributed by atoms with Gasteiger partial charge in [0.15, 0.2) is 0 Å². The van der Waals surface area contributed by atoms with Crippen LogP contribution in [0.25, 0.3) is 0 Å². The molecule has 3 rings (SSSR count). The van der Waals surface area contributed by atoms with Crippen LogP contribution in [0.1, 0.15) is 75.6 Å². The Balaban J connectivity index is 1.67. The predicted molar refractivity (Wildman–Crippen MR) is 149 cm³/mol. The molecule has 39 heavy (non-hydrogen) atoms. The summed E-state index contributed by atoms with van der Waals surface area (Å²) in [5, 5.41) is 11.4. The largest absolute Gasteiger partial charge is 0.493 e. The number of unbranched alkanes of at least 4 members (excludes halogenated alkanes) is 1. The number of carbonyl (C=O) groups is 4. The van der Waals surface area contributed by atoms with Gasteiger partial charge in [0.05, 0.1) is 12.2 Å². The van der Waals surface area contributed by atoms with Gasteiger partial charge >= 0.3 is 0 Å². The zero-order chi connectivity index (χ0) is 28.0. The third-order valence-corrected chi connectivity index (χ3v) is 7.05. The minimum absolute atomic E-state index is 0.00660. The average molecular weight is 544 g/mol. The molecule has 0 radical (unpaired) electrons. The van der Waals surface area contributed by atoms with Gasteiger partial charge < -0.3 is 30.9 Å². The molecule has 0 bridgehead atoms. The lowest BCUT2D eigenvalue weighted by Crippen LogP contribution is -2.49. The SMILES string of the molecule is CC(C)CC1NC(=O)CC[C@@H](C(=O)NCCCCN2CCCC2)NC(=O)c2ccccc2OCCCNC1=O. The molecule has 4 amide bonds. The van der Waals surface area contributed by atoms with Crippen molar-refractivity contribution >= 4 is 23.6 Å². The molecule has 2 aliphatic heterocycles. The number of benzene rings is 1. The van der Waals surface area contributed by atoms with Gasteiger partial charge in [0.1, 0.15) is 17.8 Å². The number of likely N-dealkylation sites (tertiary alicyclic amines) is 1. The molecule has 4 N–H and O–H groups in total. The zero-order valence-electron chi connectivity index (χ0n) is 23.4. The van der Waals surface area contributed by atoms with Crippen molar-refractivity contribution in [3.8, 4) is 5.75 Å². The number of para-hydroxylation sites is 1. The average Bonchev–Trinajstić information content (AvgIpc) is 3.43. The summed E-state index contributed by atoms with van der Waals surface area (Å²) in [5.41, 5.74) is 0.318. The second-order valence-corrected chi connectivity index (χ2v) is 10.9. The molecule has 0 saturated carbocycles. The first-order chi connectivity index (χ1) is 18.8. The van der Waals surface area contributed by atoms with Gasteiger partial charge in [-0.15, -0.1) is 0 Å². The van der Waals surface area contributed by atoms with Crippen LogP contribution in [0.3, 0.4) is 0 Å². The van der Waals surface area contributed by atoms with Gasteiger partial charge in [0.25, 0.3) is 5.91 Å². The fourth-order valence-electron chi connectivity index (χ4n) is 4.92. The van der Waals surface area contributed by atoms with Crippen LogP contribution in [0.4, 0.5) is 0 Å². The van der Waals surface area contributed by atoms with Crippen LogP contribution in [0.5, 0.6) is 5.75 Å². The van der Waals surface area contributed by atoms with Crippen LogP contribution >= 0.6 is 0 Å². The van der Waals surface area contributed by atoms with Crippen LogP contribution in [-0.2, 0) is 14.4 Å². The first-order valence-electron chi connectivity index (χ1n) is 14.4. The molecule has 2 atom stereocenters. The molecule has 0 spiro atoms. The number of ether oxygens (including phenoxy) is 1. The predicted octanol–water partition coefficient (Wildman–Crippen LogP) is 1.99. The normalized spacial score (nSPS) is 21.9. The van der Waals surface area contributed by atoms with Gasteiger partial charge in [-0.1, -0.05) is 26.0 Å². The Hall–Kier alpha value is -3.14. The maximum absolute atomic E-state index is 13.2. The summed E-state index contributed by atoms with van der Waals surface area (Å²) >= 11 is 0. The maximum atomic E-state index is 13.2. The number of nitrogens with one attached hydrogen (secondary N) is 4. The molecule has 1 unspecified atom stereocenters. The van der Waals surface area contributed by atoms with Crippen molar-refractivity contribution in [2.75, 3.05) is 39.3 Å². The molecule has 10 heteroatoms. The van der Waals surface area contributed by atoms with Crippen LogP contribution in [0.15, 0.2) is 24.3 Å². The number of rotatable bonds is 8. The molecule has 1 fully saturated rings. The lowest BCUT2D eigenvalue weighted by atomic mass is 10.0. The van der Waals surface area contributed by atoms with E-state index in [0.717, 1.165) is 32.5 Å². The minimum atomic E-state index is -0.903. The van der Waals surface area contributed by atoms with Crippen molar-refractivity contribution in [2.24, 2.45) is 5.92 Å². The molecule has 0 aliphatic carbocycles. The number of hydrogen-bond acceptors (Lipinski definition) is 6. The molecule has 1 aromatic carbocycles. The van der Waals surface area contributed by atoms with Crippen molar-refractivity contribution in [1.29, 1.82) is 0 Å². The highest BCUT2D eigenvalue weighted by molar-refractivity contribution is 5.99. The van der Waals surface area contributed by atoms with Crippen molar-refractivity contribution in [2.45, 2.75) is 77.3 Å². The summed E-state index contributed by atoms with van der Waals surface area (Å²) in [5.74, 6) is -0.711. The smallest absolute Gasteiger partial charge is 0.255 e. The van der Waals surface area contributed by atoms with Crippen molar-refractivity contribution in [3.63, 3.8) is 0 Å². The molecule has 2 heterocycles. The summed E-state index contributed by atoms with van der Waals surface area (Å²) in [7, 11) is 0. The van der Waals surface area contributed by atoms with Gasteiger partial charge in [-0.05, 0) is 82.6 Å². The van der Waals surface area contributed by atoms with Crippen molar-refractivity contribution < 1.29 is 23.9 Å². The number of amides is 4. The Morgan fingerprint density at radius 2 is 1.85 bits per heavy atom. The Labute approximate surface area is 232 Å². The van der Waals surface area contributed by atoms with Gasteiger partial charge in [-0.3, -0.25) is 19.2 Å². The Morgan fingerprint density at radius 1 is 1.08 bits per heavy atom. The van der Waals surface area contributed by atoms with Crippen molar-refractivity contribution in [1.82, 2.24) is 26.2 Å². The van der Waals surface area contributed by atoms with Gasteiger partial charge in [-0.25, -0.2) is 0 Å². The molecular weight excluding hydrogens is 498 g/mol. The third kappa shape index (κ3) is 10.5. The second kappa shape index (κ2) is 16.1. The van der Waals surface area contributed by atoms with Crippen LogP contribution in [0, 0.1) is 5.92 Å². The van der Waals surface area contributed by atoms with E-state index in [9.17, 15) is 19.2 Å². The van der Waals surface area contributed by atoms with Gasteiger partial charge in [0.2, 0.25) is 17.7 Å². The number of nitrogens with zero attached hydrogens (tertiary/aromatic N) is 1. The van der Waals surface area contributed by atoms with Crippen LogP contribution in [-0.4, -0.2) is 79.9 Å². The molecule has 216 valence electrons.